The normalized spacial score (nSPS) is 18.8. The fraction of sp³-hybridized carbons (Fsp3) is 0.611. The summed E-state index contributed by atoms with van der Waals surface area (Å²) in [5, 5.41) is 10.3. The predicted octanol–water partition coefficient (Wildman–Crippen LogP) is 2.30. The minimum Gasteiger partial charge on any atom is -0.387 e. The summed E-state index contributed by atoms with van der Waals surface area (Å²) in [4.78, 5) is 16.6. The Bertz CT molecular complexity index is 482. The van der Waals surface area contributed by atoms with Crippen LogP contribution in [0.4, 0.5) is 0 Å². The number of carbonyl (C=O) groups excluding carboxylic acids is 1. The molecule has 0 saturated carbocycles. The van der Waals surface area contributed by atoms with Crippen LogP contribution in [-0.4, -0.2) is 53.5 Å². The van der Waals surface area contributed by atoms with Crippen molar-refractivity contribution in [1.29, 1.82) is 0 Å². The van der Waals surface area contributed by atoms with Gasteiger partial charge in [-0.3, -0.25) is 9.69 Å². The molecule has 22 heavy (non-hydrogen) atoms. The van der Waals surface area contributed by atoms with Gasteiger partial charge in [0.25, 0.3) is 0 Å². The lowest BCUT2D eigenvalue weighted by molar-refractivity contribution is -0.139. The minimum absolute atomic E-state index is 0.220. The maximum atomic E-state index is 12.4. The number of benzene rings is 1. The van der Waals surface area contributed by atoms with Crippen LogP contribution in [0.3, 0.4) is 0 Å². The summed E-state index contributed by atoms with van der Waals surface area (Å²) in [5.74, 6) is 0.220. The van der Waals surface area contributed by atoms with Gasteiger partial charge < -0.3 is 10.0 Å². The second-order valence-electron chi connectivity index (χ2n) is 7.12. The van der Waals surface area contributed by atoms with Crippen molar-refractivity contribution in [3.63, 3.8) is 0 Å². The summed E-state index contributed by atoms with van der Waals surface area (Å²) in [6.07, 6.45) is 0.495. The second kappa shape index (κ2) is 7.25. The van der Waals surface area contributed by atoms with Gasteiger partial charge in [0.05, 0.1) is 6.10 Å². The summed E-state index contributed by atoms with van der Waals surface area (Å²) < 4.78 is 0. The molecule has 2 rings (SSSR count). The van der Waals surface area contributed by atoms with Gasteiger partial charge in [0.2, 0.25) is 5.91 Å². The van der Waals surface area contributed by atoms with Crippen LogP contribution in [0, 0.1) is 5.41 Å². The molecule has 0 radical (unpaired) electrons. The van der Waals surface area contributed by atoms with Gasteiger partial charge in [-0.1, -0.05) is 51.1 Å². The highest BCUT2D eigenvalue weighted by Crippen LogP contribution is 2.20. The number of amides is 1. The van der Waals surface area contributed by atoms with Crippen molar-refractivity contribution in [2.45, 2.75) is 33.3 Å². The molecule has 1 heterocycles. The topological polar surface area (TPSA) is 43.8 Å². The third-order valence-corrected chi connectivity index (χ3v) is 4.13. The molecule has 0 bridgehead atoms. The van der Waals surface area contributed by atoms with Crippen LogP contribution in [0.2, 0.25) is 0 Å². The molecule has 1 aromatic carbocycles. The second-order valence-corrected chi connectivity index (χ2v) is 7.12. The lowest BCUT2D eigenvalue weighted by Gasteiger charge is -2.28. The van der Waals surface area contributed by atoms with Gasteiger partial charge in [-0.05, 0) is 12.0 Å². The SMILES string of the molecule is CC(C)(C)C(=O)N1CCCN(CC(O)c2ccccc2)CC1. The number of carbonyl (C=O) groups is 1. The van der Waals surface area contributed by atoms with E-state index in [0.717, 1.165) is 38.2 Å². The highest BCUT2D eigenvalue weighted by atomic mass is 16.3. The lowest BCUT2D eigenvalue weighted by atomic mass is 9.94. The Morgan fingerprint density at radius 1 is 1.14 bits per heavy atom. The van der Waals surface area contributed by atoms with Crippen molar-refractivity contribution in [3.8, 4) is 0 Å². The highest BCUT2D eigenvalue weighted by molar-refractivity contribution is 5.81. The van der Waals surface area contributed by atoms with Crippen LogP contribution in [0.25, 0.3) is 0 Å². The molecule has 1 aromatic rings. The zero-order valence-electron chi connectivity index (χ0n) is 14.0. The molecule has 1 saturated heterocycles. The van der Waals surface area contributed by atoms with E-state index in [1.807, 2.05) is 56.0 Å². The summed E-state index contributed by atoms with van der Waals surface area (Å²) in [7, 11) is 0. The minimum atomic E-state index is -0.467. The van der Waals surface area contributed by atoms with Gasteiger partial charge in [-0.15, -0.1) is 0 Å². The molecule has 1 unspecified atom stereocenters. The molecular weight excluding hydrogens is 276 g/mol. The van der Waals surface area contributed by atoms with E-state index in [4.69, 9.17) is 0 Å². The van der Waals surface area contributed by atoms with E-state index in [2.05, 4.69) is 4.90 Å². The first-order chi connectivity index (χ1) is 10.4. The molecule has 1 aliphatic rings. The van der Waals surface area contributed by atoms with Crippen molar-refractivity contribution >= 4 is 5.91 Å². The van der Waals surface area contributed by atoms with Crippen molar-refractivity contribution in [3.05, 3.63) is 35.9 Å². The summed E-state index contributed by atoms with van der Waals surface area (Å²) in [6, 6.07) is 9.77. The Labute approximate surface area is 133 Å². The first-order valence-electron chi connectivity index (χ1n) is 8.12. The van der Waals surface area contributed by atoms with Crippen LogP contribution in [-0.2, 0) is 4.79 Å². The number of hydrogen-bond donors (Lipinski definition) is 1. The quantitative estimate of drug-likeness (QED) is 0.932. The number of aliphatic hydroxyl groups excluding tert-OH is 1. The maximum Gasteiger partial charge on any atom is 0.227 e. The molecular formula is C18H28N2O2. The lowest BCUT2D eigenvalue weighted by Crippen LogP contribution is -2.41. The largest absolute Gasteiger partial charge is 0.387 e. The van der Waals surface area contributed by atoms with Gasteiger partial charge in [0, 0.05) is 38.1 Å². The van der Waals surface area contributed by atoms with Gasteiger partial charge in [0.15, 0.2) is 0 Å². The van der Waals surface area contributed by atoms with Gasteiger partial charge in [-0.2, -0.15) is 0 Å². The molecule has 1 N–H and O–H groups in total. The third kappa shape index (κ3) is 4.55. The highest BCUT2D eigenvalue weighted by Gasteiger charge is 2.28. The van der Waals surface area contributed by atoms with Crippen LogP contribution < -0.4 is 0 Å². The first-order valence-corrected chi connectivity index (χ1v) is 8.12. The average molecular weight is 304 g/mol. The van der Waals surface area contributed by atoms with Gasteiger partial charge in [-0.25, -0.2) is 0 Å². The fourth-order valence-corrected chi connectivity index (χ4v) is 2.86. The Balaban J connectivity index is 1.89. The zero-order chi connectivity index (χ0) is 16.2. The number of nitrogens with zero attached hydrogens (tertiary/aromatic N) is 2. The standard InChI is InChI=1S/C18H28N2O2/c1-18(2,3)17(22)20-11-7-10-19(12-13-20)14-16(21)15-8-5-4-6-9-15/h4-6,8-9,16,21H,7,10-14H2,1-3H3. The first kappa shape index (κ1) is 17.0. The molecule has 1 fully saturated rings. The Morgan fingerprint density at radius 2 is 1.82 bits per heavy atom. The Morgan fingerprint density at radius 3 is 2.45 bits per heavy atom. The summed E-state index contributed by atoms with van der Waals surface area (Å²) >= 11 is 0. The van der Waals surface area contributed by atoms with Crippen molar-refractivity contribution < 1.29 is 9.90 Å². The van der Waals surface area contributed by atoms with Crippen LogP contribution in [0.5, 0.6) is 0 Å². The van der Waals surface area contributed by atoms with Crippen LogP contribution >= 0.6 is 0 Å². The smallest absolute Gasteiger partial charge is 0.227 e. The third-order valence-electron chi connectivity index (χ3n) is 4.13. The molecule has 1 atom stereocenters. The Hall–Kier alpha value is -1.39. The van der Waals surface area contributed by atoms with E-state index >= 15 is 0 Å². The number of hydrogen-bond acceptors (Lipinski definition) is 3. The molecule has 1 aliphatic heterocycles. The van der Waals surface area contributed by atoms with E-state index in [1.165, 1.54) is 0 Å². The fourth-order valence-electron chi connectivity index (χ4n) is 2.86. The Kier molecular flexibility index (Phi) is 5.59. The van der Waals surface area contributed by atoms with E-state index in [-0.39, 0.29) is 11.3 Å². The van der Waals surface area contributed by atoms with Crippen LogP contribution in [0.15, 0.2) is 30.3 Å². The molecule has 4 nitrogen and oxygen atoms in total. The number of rotatable bonds is 3. The van der Waals surface area contributed by atoms with Gasteiger partial charge in [0.1, 0.15) is 0 Å². The van der Waals surface area contributed by atoms with E-state index in [1.54, 1.807) is 0 Å². The van der Waals surface area contributed by atoms with E-state index in [0.29, 0.717) is 6.54 Å². The molecule has 0 aliphatic carbocycles. The maximum absolute atomic E-state index is 12.4. The molecule has 0 spiro atoms. The van der Waals surface area contributed by atoms with Gasteiger partial charge >= 0.3 is 0 Å². The average Bonchev–Trinajstić information content (AvgIpc) is 2.72. The monoisotopic (exact) mass is 304 g/mol. The zero-order valence-corrected chi connectivity index (χ0v) is 14.0. The van der Waals surface area contributed by atoms with Crippen molar-refractivity contribution in [1.82, 2.24) is 9.80 Å². The van der Waals surface area contributed by atoms with Crippen LogP contribution in [0.1, 0.15) is 38.9 Å². The van der Waals surface area contributed by atoms with Crippen molar-refractivity contribution in [2.75, 3.05) is 32.7 Å². The van der Waals surface area contributed by atoms with Crippen molar-refractivity contribution in [2.24, 2.45) is 5.41 Å². The number of aliphatic hydroxyl groups is 1. The number of β-amino-alcohol motifs (C(OH)–C–C–N with tert-alkyl or cyclic N) is 1. The molecule has 122 valence electrons. The van der Waals surface area contributed by atoms with E-state index < -0.39 is 6.10 Å². The molecule has 0 aromatic heterocycles. The summed E-state index contributed by atoms with van der Waals surface area (Å²) in [6.45, 7) is 9.85. The molecule has 4 heteroatoms. The summed E-state index contributed by atoms with van der Waals surface area (Å²) in [5.41, 5.74) is 0.632. The van der Waals surface area contributed by atoms with E-state index in [9.17, 15) is 9.90 Å². The predicted molar refractivity (Wildman–Crippen MR) is 88.5 cm³/mol. The molecule has 1 amide bonds.